The van der Waals surface area contributed by atoms with Crippen LogP contribution in [0.25, 0.3) is 0 Å². The molecule has 0 bridgehead atoms. The highest BCUT2D eigenvalue weighted by atomic mass is 35.5. The Kier molecular flexibility index (Phi) is 7.91. The van der Waals surface area contributed by atoms with Gasteiger partial charge in [-0.2, -0.15) is 0 Å². The minimum absolute atomic E-state index is 0. The molecule has 0 unspecified atom stereocenters. The topological polar surface area (TPSA) is 73.6 Å². The molecule has 102 valence electrons. The summed E-state index contributed by atoms with van der Waals surface area (Å²) in [6.07, 6.45) is 0.673. The highest BCUT2D eigenvalue weighted by Gasteiger charge is 2.05. The normalized spacial score (nSPS) is 9.28. The number of ether oxygens (including phenoxy) is 2. The standard InChI is InChI=1S/C12H18N2O3.ClH/c1-16-10-3-4-11(17-2)9(7-10)5-6-14-12(15)8-13;/h3-4,7H,5-6,8,13H2,1-2H3,(H,14,15);1H. The first-order valence-corrected chi connectivity index (χ1v) is 5.39. The Hall–Kier alpha value is -1.46. The molecule has 0 aliphatic rings. The highest BCUT2D eigenvalue weighted by molar-refractivity contribution is 5.85. The number of hydrogen-bond donors (Lipinski definition) is 2. The molecule has 0 spiro atoms. The van der Waals surface area contributed by atoms with Crippen molar-refractivity contribution in [3.63, 3.8) is 0 Å². The number of nitrogens with one attached hydrogen (secondary N) is 1. The number of halogens is 1. The molecule has 1 rings (SSSR count). The molecule has 0 aliphatic heterocycles. The predicted molar refractivity (Wildman–Crippen MR) is 72.6 cm³/mol. The third-order valence-corrected chi connectivity index (χ3v) is 2.39. The molecule has 1 amide bonds. The van der Waals surface area contributed by atoms with Gasteiger partial charge in [0.1, 0.15) is 11.5 Å². The van der Waals surface area contributed by atoms with Gasteiger partial charge >= 0.3 is 0 Å². The van der Waals surface area contributed by atoms with Crippen LogP contribution in [0.3, 0.4) is 0 Å². The number of hydrogen-bond acceptors (Lipinski definition) is 4. The van der Waals surface area contributed by atoms with Crippen LogP contribution < -0.4 is 20.5 Å². The summed E-state index contributed by atoms with van der Waals surface area (Å²) < 4.78 is 10.4. The Balaban J connectivity index is 0.00000289. The van der Waals surface area contributed by atoms with Crippen molar-refractivity contribution in [2.24, 2.45) is 5.73 Å². The zero-order valence-corrected chi connectivity index (χ0v) is 11.4. The fourth-order valence-corrected chi connectivity index (χ4v) is 1.49. The van der Waals surface area contributed by atoms with Gasteiger partial charge in [0, 0.05) is 6.54 Å². The molecular formula is C12H19ClN2O3. The van der Waals surface area contributed by atoms with E-state index in [1.165, 1.54) is 0 Å². The number of amides is 1. The predicted octanol–water partition coefficient (Wildman–Crippen LogP) is 0.743. The van der Waals surface area contributed by atoms with E-state index in [2.05, 4.69) is 5.32 Å². The van der Waals surface area contributed by atoms with Crippen LogP contribution in [-0.2, 0) is 11.2 Å². The fourth-order valence-electron chi connectivity index (χ4n) is 1.49. The first-order chi connectivity index (χ1) is 8.21. The lowest BCUT2D eigenvalue weighted by Crippen LogP contribution is -2.31. The summed E-state index contributed by atoms with van der Waals surface area (Å²) >= 11 is 0. The van der Waals surface area contributed by atoms with Crippen molar-refractivity contribution in [2.45, 2.75) is 6.42 Å². The smallest absolute Gasteiger partial charge is 0.233 e. The van der Waals surface area contributed by atoms with Crippen molar-refractivity contribution in [3.05, 3.63) is 23.8 Å². The van der Waals surface area contributed by atoms with Crippen molar-refractivity contribution in [2.75, 3.05) is 27.3 Å². The lowest BCUT2D eigenvalue weighted by atomic mass is 10.1. The fraction of sp³-hybridized carbons (Fsp3) is 0.417. The van der Waals surface area contributed by atoms with E-state index in [-0.39, 0.29) is 24.9 Å². The molecule has 5 nitrogen and oxygen atoms in total. The van der Waals surface area contributed by atoms with Crippen molar-refractivity contribution < 1.29 is 14.3 Å². The number of methoxy groups -OCH3 is 2. The van der Waals surface area contributed by atoms with Crippen LogP contribution in [-0.4, -0.2) is 33.2 Å². The van der Waals surface area contributed by atoms with E-state index in [1.807, 2.05) is 18.2 Å². The minimum Gasteiger partial charge on any atom is -0.497 e. The summed E-state index contributed by atoms with van der Waals surface area (Å²) in [4.78, 5) is 11.0. The van der Waals surface area contributed by atoms with Crippen LogP contribution in [0.4, 0.5) is 0 Å². The number of rotatable bonds is 6. The van der Waals surface area contributed by atoms with Crippen LogP contribution in [0.1, 0.15) is 5.56 Å². The SMILES string of the molecule is COc1ccc(OC)c(CCNC(=O)CN)c1.Cl. The van der Waals surface area contributed by atoms with E-state index in [0.717, 1.165) is 17.1 Å². The van der Waals surface area contributed by atoms with E-state index in [1.54, 1.807) is 14.2 Å². The quantitative estimate of drug-likeness (QED) is 0.803. The number of nitrogens with two attached hydrogens (primary N) is 1. The van der Waals surface area contributed by atoms with Gasteiger partial charge in [-0.3, -0.25) is 4.79 Å². The van der Waals surface area contributed by atoms with Gasteiger partial charge in [-0.15, -0.1) is 12.4 Å². The Morgan fingerprint density at radius 2 is 2.06 bits per heavy atom. The van der Waals surface area contributed by atoms with Gasteiger partial charge in [0.2, 0.25) is 5.91 Å². The molecule has 0 saturated carbocycles. The van der Waals surface area contributed by atoms with Gasteiger partial charge in [-0.1, -0.05) is 0 Å². The molecule has 6 heteroatoms. The minimum atomic E-state index is -0.160. The Morgan fingerprint density at radius 3 is 2.61 bits per heavy atom. The van der Waals surface area contributed by atoms with Gasteiger partial charge in [0.25, 0.3) is 0 Å². The summed E-state index contributed by atoms with van der Waals surface area (Å²) in [6, 6.07) is 5.58. The summed E-state index contributed by atoms with van der Waals surface area (Å²) in [5, 5.41) is 2.71. The van der Waals surface area contributed by atoms with Crippen LogP contribution in [0.2, 0.25) is 0 Å². The third-order valence-electron chi connectivity index (χ3n) is 2.39. The van der Waals surface area contributed by atoms with E-state index >= 15 is 0 Å². The summed E-state index contributed by atoms with van der Waals surface area (Å²) in [5.74, 6) is 1.39. The zero-order chi connectivity index (χ0) is 12.7. The molecule has 1 aromatic carbocycles. The van der Waals surface area contributed by atoms with Gasteiger partial charge in [-0.05, 0) is 30.2 Å². The number of benzene rings is 1. The zero-order valence-electron chi connectivity index (χ0n) is 10.6. The molecule has 0 aliphatic carbocycles. The molecule has 0 fully saturated rings. The molecule has 0 radical (unpaired) electrons. The maximum atomic E-state index is 11.0. The molecule has 0 aromatic heterocycles. The molecule has 18 heavy (non-hydrogen) atoms. The van der Waals surface area contributed by atoms with E-state index in [0.29, 0.717) is 13.0 Å². The van der Waals surface area contributed by atoms with Crippen molar-refractivity contribution in [3.8, 4) is 11.5 Å². The first-order valence-electron chi connectivity index (χ1n) is 5.39. The van der Waals surface area contributed by atoms with Crippen LogP contribution >= 0.6 is 12.4 Å². The van der Waals surface area contributed by atoms with Crippen LogP contribution in [0, 0.1) is 0 Å². The second-order valence-corrected chi connectivity index (χ2v) is 3.48. The van der Waals surface area contributed by atoms with Gasteiger partial charge in [0.15, 0.2) is 0 Å². The second-order valence-electron chi connectivity index (χ2n) is 3.48. The number of carbonyl (C=O) groups is 1. The first kappa shape index (κ1) is 16.5. The average molecular weight is 275 g/mol. The van der Waals surface area contributed by atoms with Crippen LogP contribution in [0.5, 0.6) is 11.5 Å². The molecule has 1 aromatic rings. The molecule has 0 atom stereocenters. The highest BCUT2D eigenvalue weighted by Crippen LogP contribution is 2.23. The molecule has 3 N–H and O–H groups in total. The lowest BCUT2D eigenvalue weighted by molar-refractivity contribution is -0.119. The summed E-state index contributed by atoms with van der Waals surface area (Å²) in [5.41, 5.74) is 6.19. The average Bonchev–Trinajstić information content (AvgIpc) is 2.38. The Morgan fingerprint density at radius 1 is 1.33 bits per heavy atom. The van der Waals surface area contributed by atoms with Gasteiger partial charge in [-0.25, -0.2) is 0 Å². The van der Waals surface area contributed by atoms with Crippen molar-refractivity contribution in [1.82, 2.24) is 5.32 Å². The maximum absolute atomic E-state index is 11.0. The van der Waals surface area contributed by atoms with Crippen molar-refractivity contribution in [1.29, 1.82) is 0 Å². The number of carbonyl (C=O) groups excluding carboxylic acids is 1. The third kappa shape index (κ3) is 4.81. The Labute approximate surface area is 113 Å². The molecular weight excluding hydrogens is 256 g/mol. The van der Waals surface area contributed by atoms with E-state index in [9.17, 15) is 4.79 Å². The monoisotopic (exact) mass is 274 g/mol. The lowest BCUT2D eigenvalue weighted by Gasteiger charge is -2.10. The van der Waals surface area contributed by atoms with E-state index in [4.69, 9.17) is 15.2 Å². The van der Waals surface area contributed by atoms with Gasteiger partial charge < -0.3 is 20.5 Å². The maximum Gasteiger partial charge on any atom is 0.233 e. The van der Waals surface area contributed by atoms with Crippen LogP contribution in [0.15, 0.2) is 18.2 Å². The summed E-state index contributed by atoms with van der Waals surface area (Å²) in [6.45, 7) is 0.537. The summed E-state index contributed by atoms with van der Waals surface area (Å²) in [7, 11) is 3.23. The van der Waals surface area contributed by atoms with Crippen molar-refractivity contribution >= 4 is 18.3 Å². The molecule has 0 heterocycles. The van der Waals surface area contributed by atoms with Gasteiger partial charge in [0.05, 0.1) is 20.8 Å². The molecule has 0 saturated heterocycles. The largest absolute Gasteiger partial charge is 0.497 e. The van der Waals surface area contributed by atoms with E-state index < -0.39 is 0 Å². The second kappa shape index (κ2) is 8.60. The Bertz CT molecular complexity index is 386.